The van der Waals surface area contributed by atoms with Crippen LogP contribution in [0.1, 0.15) is 19.0 Å². The summed E-state index contributed by atoms with van der Waals surface area (Å²) >= 11 is 5.30. The first-order valence-corrected chi connectivity index (χ1v) is 8.62. The number of anilines is 1. The molecule has 0 atom stereocenters. The molecule has 0 aliphatic heterocycles. The van der Waals surface area contributed by atoms with Gasteiger partial charge in [0.1, 0.15) is 5.82 Å². The van der Waals surface area contributed by atoms with Crippen molar-refractivity contribution in [3.8, 4) is 11.4 Å². The molecule has 108 valence electrons. The van der Waals surface area contributed by atoms with Gasteiger partial charge in [0.15, 0.2) is 5.82 Å². The molecule has 3 aromatic rings. The highest BCUT2D eigenvalue weighted by molar-refractivity contribution is 9.10. The molecule has 0 saturated carbocycles. The summed E-state index contributed by atoms with van der Waals surface area (Å²) in [5, 5.41) is 6.71. The first-order valence-electron chi connectivity index (χ1n) is 6.95. The van der Waals surface area contributed by atoms with E-state index in [1.165, 1.54) is 10.1 Å². The highest BCUT2D eigenvalue weighted by Crippen LogP contribution is 2.34. The Kier molecular flexibility index (Phi) is 4.22. The van der Waals surface area contributed by atoms with Gasteiger partial charge in [0.25, 0.3) is 0 Å². The van der Waals surface area contributed by atoms with Crippen LogP contribution in [-0.4, -0.2) is 16.5 Å². The molecule has 3 rings (SSSR count). The van der Waals surface area contributed by atoms with E-state index in [9.17, 15) is 0 Å². The fraction of sp³-hybridized carbons (Fsp3) is 0.250. The summed E-state index contributed by atoms with van der Waals surface area (Å²) in [5.41, 5.74) is 2.06. The Bertz CT molecular complexity index is 782. The lowest BCUT2D eigenvalue weighted by Gasteiger charge is -2.10. The molecule has 0 fully saturated rings. The molecule has 5 heteroatoms. The number of hydrogen-bond donors (Lipinski definition) is 1. The fourth-order valence-electron chi connectivity index (χ4n) is 2.19. The summed E-state index contributed by atoms with van der Waals surface area (Å²) in [6.45, 7) is 5.04. The molecule has 21 heavy (non-hydrogen) atoms. The van der Waals surface area contributed by atoms with E-state index in [0.717, 1.165) is 40.3 Å². The van der Waals surface area contributed by atoms with Gasteiger partial charge in [0, 0.05) is 27.6 Å². The van der Waals surface area contributed by atoms with Gasteiger partial charge in [-0.3, -0.25) is 0 Å². The number of thiophene rings is 1. The molecule has 1 aromatic carbocycles. The third-order valence-electron chi connectivity index (χ3n) is 3.28. The van der Waals surface area contributed by atoms with Crippen molar-refractivity contribution in [2.75, 3.05) is 11.9 Å². The second-order valence-electron chi connectivity index (χ2n) is 4.87. The summed E-state index contributed by atoms with van der Waals surface area (Å²) in [5.74, 6) is 1.65. The van der Waals surface area contributed by atoms with Crippen molar-refractivity contribution in [1.82, 2.24) is 9.97 Å². The van der Waals surface area contributed by atoms with Crippen molar-refractivity contribution in [2.24, 2.45) is 0 Å². The largest absolute Gasteiger partial charge is 0.369 e. The predicted molar refractivity (Wildman–Crippen MR) is 94.1 cm³/mol. The number of hydrogen-bond acceptors (Lipinski definition) is 4. The first kappa shape index (κ1) is 14.5. The van der Waals surface area contributed by atoms with Gasteiger partial charge in [0.05, 0.1) is 10.2 Å². The molecule has 0 unspecified atom stereocenters. The van der Waals surface area contributed by atoms with Gasteiger partial charge in [0.2, 0.25) is 0 Å². The van der Waals surface area contributed by atoms with Gasteiger partial charge < -0.3 is 5.32 Å². The molecular formula is C16H16BrN3S. The summed E-state index contributed by atoms with van der Waals surface area (Å²) < 4.78 is 2.21. The minimum Gasteiger partial charge on any atom is -0.369 e. The van der Waals surface area contributed by atoms with Crippen molar-refractivity contribution in [3.63, 3.8) is 0 Å². The number of rotatable bonds is 4. The molecule has 0 saturated heterocycles. The third-order valence-corrected chi connectivity index (χ3v) is 5.19. The van der Waals surface area contributed by atoms with E-state index in [0.29, 0.717) is 0 Å². The van der Waals surface area contributed by atoms with Crippen molar-refractivity contribution in [3.05, 3.63) is 39.8 Å². The molecule has 0 spiro atoms. The minimum atomic E-state index is 0.784. The number of nitrogens with one attached hydrogen (secondary N) is 1. The maximum absolute atomic E-state index is 4.70. The van der Waals surface area contributed by atoms with E-state index in [1.807, 2.05) is 6.92 Å². The van der Waals surface area contributed by atoms with Crippen LogP contribution >= 0.6 is 27.3 Å². The monoisotopic (exact) mass is 361 g/mol. The molecule has 2 aromatic heterocycles. The van der Waals surface area contributed by atoms with E-state index in [4.69, 9.17) is 4.98 Å². The highest BCUT2D eigenvalue weighted by atomic mass is 79.9. The highest BCUT2D eigenvalue weighted by Gasteiger charge is 2.13. The Hall–Kier alpha value is -1.46. The van der Waals surface area contributed by atoms with Gasteiger partial charge in [-0.05, 0) is 35.3 Å². The van der Waals surface area contributed by atoms with E-state index < -0.39 is 0 Å². The second kappa shape index (κ2) is 6.12. The van der Waals surface area contributed by atoms with Crippen LogP contribution < -0.4 is 5.32 Å². The molecular weight excluding hydrogens is 346 g/mol. The maximum atomic E-state index is 4.70. The minimum absolute atomic E-state index is 0.784. The average Bonchev–Trinajstić information content (AvgIpc) is 2.92. The summed E-state index contributed by atoms with van der Waals surface area (Å²) in [4.78, 5) is 9.34. The zero-order valence-corrected chi connectivity index (χ0v) is 14.4. The molecule has 3 nitrogen and oxygen atoms in total. The lowest BCUT2D eigenvalue weighted by atomic mass is 10.1. The Morgan fingerprint density at radius 3 is 2.86 bits per heavy atom. The fourth-order valence-corrected chi connectivity index (χ4v) is 3.45. The Morgan fingerprint density at radius 1 is 1.24 bits per heavy atom. The number of fused-ring (bicyclic) bond motifs is 1. The molecule has 0 radical (unpaired) electrons. The lowest BCUT2D eigenvalue weighted by molar-refractivity contribution is 0.959. The number of aromatic nitrogens is 2. The maximum Gasteiger partial charge on any atom is 0.163 e. The van der Waals surface area contributed by atoms with Crippen molar-refractivity contribution in [2.45, 2.75) is 20.3 Å². The number of halogens is 1. The van der Waals surface area contributed by atoms with Crippen molar-refractivity contribution >= 4 is 43.2 Å². The van der Waals surface area contributed by atoms with Crippen LogP contribution in [0, 0.1) is 6.92 Å². The van der Waals surface area contributed by atoms with E-state index in [2.05, 4.69) is 62.8 Å². The number of benzene rings is 1. The normalized spacial score (nSPS) is 11.0. The van der Waals surface area contributed by atoms with Crippen LogP contribution in [0.15, 0.2) is 34.1 Å². The van der Waals surface area contributed by atoms with Crippen LogP contribution in [0.2, 0.25) is 0 Å². The zero-order valence-electron chi connectivity index (χ0n) is 12.0. The van der Waals surface area contributed by atoms with Crippen LogP contribution in [0.5, 0.6) is 0 Å². The molecule has 0 aliphatic rings. The number of aryl methyl sites for hydroxylation is 1. The van der Waals surface area contributed by atoms with Gasteiger partial charge in [-0.15, -0.1) is 11.3 Å². The van der Waals surface area contributed by atoms with Crippen molar-refractivity contribution < 1.29 is 0 Å². The predicted octanol–water partition coefficient (Wildman–Crippen LogP) is 5.25. The van der Waals surface area contributed by atoms with Crippen molar-refractivity contribution in [1.29, 1.82) is 0 Å². The van der Waals surface area contributed by atoms with Gasteiger partial charge in [-0.1, -0.05) is 25.1 Å². The SMILES string of the molecule is CCCNc1nc(-c2csc3ccccc23)nc(C)c1Br. The molecule has 0 bridgehead atoms. The van der Waals surface area contributed by atoms with E-state index in [-0.39, 0.29) is 0 Å². The Balaban J connectivity index is 2.11. The first-order chi connectivity index (χ1) is 10.2. The summed E-state index contributed by atoms with van der Waals surface area (Å²) in [7, 11) is 0. The Labute approximate surface area is 136 Å². The standard InChI is InChI=1S/C16H16BrN3S/c1-3-8-18-16-14(17)10(2)19-15(20-16)12-9-21-13-7-5-4-6-11(12)13/h4-7,9H,3,8H2,1-2H3,(H,18,19,20). The molecule has 1 N–H and O–H groups in total. The van der Waals surface area contributed by atoms with E-state index in [1.54, 1.807) is 11.3 Å². The lowest BCUT2D eigenvalue weighted by Crippen LogP contribution is -2.06. The molecule has 0 aliphatic carbocycles. The summed E-state index contributed by atoms with van der Waals surface area (Å²) in [6, 6.07) is 8.37. The van der Waals surface area contributed by atoms with Gasteiger partial charge in [-0.25, -0.2) is 9.97 Å². The van der Waals surface area contributed by atoms with Gasteiger partial charge in [-0.2, -0.15) is 0 Å². The average molecular weight is 362 g/mol. The second-order valence-corrected chi connectivity index (χ2v) is 6.57. The molecule has 0 amide bonds. The smallest absolute Gasteiger partial charge is 0.163 e. The molecule has 2 heterocycles. The Morgan fingerprint density at radius 2 is 2.05 bits per heavy atom. The van der Waals surface area contributed by atoms with Crippen LogP contribution in [0.3, 0.4) is 0 Å². The number of nitrogens with zero attached hydrogens (tertiary/aromatic N) is 2. The third kappa shape index (κ3) is 2.80. The summed E-state index contributed by atoms with van der Waals surface area (Å²) in [6.07, 6.45) is 1.06. The topological polar surface area (TPSA) is 37.8 Å². The van der Waals surface area contributed by atoms with Crippen LogP contribution in [0.25, 0.3) is 21.5 Å². The van der Waals surface area contributed by atoms with E-state index >= 15 is 0 Å². The zero-order chi connectivity index (χ0) is 14.8. The van der Waals surface area contributed by atoms with Crippen LogP contribution in [0.4, 0.5) is 5.82 Å². The van der Waals surface area contributed by atoms with Gasteiger partial charge >= 0.3 is 0 Å². The van der Waals surface area contributed by atoms with Crippen LogP contribution in [-0.2, 0) is 0 Å². The quantitative estimate of drug-likeness (QED) is 0.689.